The van der Waals surface area contributed by atoms with Crippen molar-refractivity contribution in [2.24, 2.45) is 7.05 Å². The number of aryl methyl sites for hydroxylation is 1. The fourth-order valence-electron chi connectivity index (χ4n) is 3.27. The van der Waals surface area contributed by atoms with Crippen molar-refractivity contribution in [3.63, 3.8) is 0 Å². The number of amides is 1. The molecular formula is C19H24N4O4. The first kappa shape index (κ1) is 17.8. The van der Waals surface area contributed by atoms with Crippen molar-refractivity contribution in [1.29, 1.82) is 0 Å². The Balaban J connectivity index is 1.50. The van der Waals surface area contributed by atoms with E-state index in [1.807, 2.05) is 22.7 Å². The van der Waals surface area contributed by atoms with Gasteiger partial charge in [-0.05, 0) is 18.2 Å². The molecular weight excluding hydrogens is 348 g/mol. The predicted molar refractivity (Wildman–Crippen MR) is 97.8 cm³/mol. The van der Waals surface area contributed by atoms with Crippen molar-refractivity contribution in [3.05, 3.63) is 42.0 Å². The number of fused-ring (bicyclic) bond motifs is 1. The molecule has 1 amide bonds. The number of aromatic nitrogens is 2. The normalized spacial score (nSPS) is 16.5. The van der Waals surface area contributed by atoms with Crippen LogP contribution in [0, 0.1) is 0 Å². The predicted octanol–water partition coefficient (Wildman–Crippen LogP) is 1.12. The number of carbonyl (C=O) groups is 1. The van der Waals surface area contributed by atoms with E-state index < -0.39 is 0 Å². The Morgan fingerprint density at radius 2 is 2.04 bits per heavy atom. The third-order valence-electron chi connectivity index (χ3n) is 4.95. The van der Waals surface area contributed by atoms with Gasteiger partial charge in [-0.3, -0.25) is 9.69 Å². The molecule has 27 heavy (non-hydrogen) atoms. The Bertz CT molecular complexity index is 801. The SMILES string of the molecule is Cn1ccnc1CN(CCN1CCOCC1)C(=O)c1ccc2c(c1)OCO2. The number of carbonyl (C=O) groups excluding carboxylic acids is 1. The molecule has 1 fully saturated rings. The van der Waals surface area contributed by atoms with E-state index in [-0.39, 0.29) is 12.7 Å². The Morgan fingerprint density at radius 3 is 2.81 bits per heavy atom. The van der Waals surface area contributed by atoms with E-state index in [1.54, 1.807) is 24.4 Å². The highest BCUT2D eigenvalue weighted by molar-refractivity contribution is 5.95. The molecule has 0 bridgehead atoms. The average Bonchev–Trinajstić information content (AvgIpc) is 3.33. The van der Waals surface area contributed by atoms with Gasteiger partial charge in [0.1, 0.15) is 5.82 Å². The molecule has 1 aromatic carbocycles. The molecule has 8 heteroatoms. The lowest BCUT2D eigenvalue weighted by Gasteiger charge is -2.30. The Kier molecular flexibility index (Phi) is 5.26. The molecule has 1 aromatic heterocycles. The lowest BCUT2D eigenvalue weighted by Crippen LogP contribution is -2.43. The first-order valence-corrected chi connectivity index (χ1v) is 9.16. The molecule has 2 aliphatic heterocycles. The second-order valence-corrected chi connectivity index (χ2v) is 6.70. The molecule has 0 saturated carbocycles. The maximum absolute atomic E-state index is 13.2. The number of hydrogen-bond donors (Lipinski definition) is 0. The quantitative estimate of drug-likeness (QED) is 0.757. The number of hydrogen-bond acceptors (Lipinski definition) is 6. The van der Waals surface area contributed by atoms with Crippen molar-refractivity contribution in [3.8, 4) is 11.5 Å². The number of ether oxygens (including phenoxy) is 3. The number of benzene rings is 1. The molecule has 0 atom stereocenters. The van der Waals surface area contributed by atoms with Crippen LogP contribution in [0.2, 0.25) is 0 Å². The summed E-state index contributed by atoms with van der Waals surface area (Å²) in [6.45, 7) is 5.38. The van der Waals surface area contributed by atoms with Crippen molar-refractivity contribution >= 4 is 5.91 Å². The van der Waals surface area contributed by atoms with Gasteiger partial charge in [-0.25, -0.2) is 4.98 Å². The summed E-state index contributed by atoms with van der Waals surface area (Å²) in [4.78, 5) is 21.7. The molecule has 2 aliphatic rings. The molecule has 2 aromatic rings. The van der Waals surface area contributed by atoms with Crippen LogP contribution < -0.4 is 9.47 Å². The molecule has 0 spiro atoms. The summed E-state index contributed by atoms with van der Waals surface area (Å²) in [7, 11) is 1.94. The summed E-state index contributed by atoms with van der Waals surface area (Å²) in [5.41, 5.74) is 0.593. The average molecular weight is 372 g/mol. The first-order valence-electron chi connectivity index (χ1n) is 9.16. The Labute approximate surface area is 158 Å². The van der Waals surface area contributed by atoms with Crippen LogP contribution in [0.3, 0.4) is 0 Å². The van der Waals surface area contributed by atoms with Gasteiger partial charge in [0.25, 0.3) is 5.91 Å². The summed E-state index contributed by atoms with van der Waals surface area (Å²) in [6, 6.07) is 5.33. The van der Waals surface area contributed by atoms with Crippen LogP contribution in [0.1, 0.15) is 16.2 Å². The molecule has 3 heterocycles. The van der Waals surface area contributed by atoms with Crippen molar-refractivity contribution in [1.82, 2.24) is 19.4 Å². The van der Waals surface area contributed by atoms with E-state index in [0.29, 0.717) is 30.2 Å². The zero-order valence-corrected chi connectivity index (χ0v) is 15.5. The number of rotatable bonds is 6. The van der Waals surface area contributed by atoms with Crippen LogP contribution >= 0.6 is 0 Å². The van der Waals surface area contributed by atoms with Gasteiger partial charge in [0, 0.05) is 51.2 Å². The highest BCUT2D eigenvalue weighted by Gasteiger charge is 2.22. The molecule has 0 N–H and O–H groups in total. The van der Waals surface area contributed by atoms with Crippen molar-refractivity contribution < 1.29 is 19.0 Å². The topological polar surface area (TPSA) is 69.1 Å². The van der Waals surface area contributed by atoms with E-state index in [0.717, 1.165) is 38.7 Å². The minimum absolute atomic E-state index is 0.0374. The summed E-state index contributed by atoms with van der Waals surface area (Å²) in [5.74, 6) is 2.11. The van der Waals surface area contributed by atoms with Crippen LogP contribution in [-0.4, -0.2) is 71.4 Å². The van der Waals surface area contributed by atoms with Gasteiger partial charge in [-0.1, -0.05) is 0 Å². The monoisotopic (exact) mass is 372 g/mol. The van der Waals surface area contributed by atoms with E-state index in [4.69, 9.17) is 14.2 Å². The smallest absolute Gasteiger partial charge is 0.254 e. The minimum Gasteiger partial charge on any atom is -0.454 e. The van der Waals surface area contributed by atoms with Gasteiger partial charge >= 0.3 is 0 Å². The fraction of sp³-hybridized carbons (Fsp3) is 0.474. The second-order valence-electron chi connectivity index (χ2n) is 6.70. The molecule has 4 rings (SSSR count). The zero-order valence-electron chi connectivity index (χ0n) is 15.5. The maximum atomic E-state index is 13.2. The second kappa shape index (κ2) is 7.98. The number of nitrogens with zero attached hydrogens (tertiary/aromatic N) is 4. The summed E-state index contributed by atoms with van der Waals surface area (Å²) in [5, 5.41) is 0. The Morgan fingerprint density at radius 1 is 1.22 bits per heavy atom. The van der Waals surface area contributed by atoms with Gasteiger partial charge in [-0.2, -0.15) is 0 Å². The van der Waals surface area contributed by atoms with Gasteiger partial charge in [0.2, 0.25) is 6.79 Å². The van der Waals surface area contributed by atoms with E-state index in [2.05, 4.69) is 9.88 Å². The molecule has 1 saturated heterocycles. The van der Waals surface area contributed by atoms with Gasteiger partial charge in [0.15, 0.2) is 11.5 Å². The highest BCUT2D eigenvalue weighted by Crippen LogP contribution is 2.32. The summed E-state index contributed by atoms with van der Waals surface area (Å²) >= 11 is 0. The fourth-order valence-corrected chi connectivity index (χ4v) is 3.27. The van der Waals surface area contributed by atoms with Crippen LogP contribution in [0.4, 0.5) is 0 Å². The number of morpholine rings is 1. The minimum atomic E-state index is -0.0374. The number of imidazole rings is 1. The molecule has 8 nitrogen and oxygen atoms in total. The third-order valence-corrected chi connectivity index (χ3v) is 4.95. The van der Waals surface area contributed by atoms with Crippen molar-refractivity contribution in [2.45, 2.75) is 6.54 Å². The van der Waals surface area contributed by atoms with Crippen LogP contribution in [0.15, 0.2) is 30.6 Å². The lowest BCUT2D eigenvalue weighted by atomic mass is 10.1. The van der Waals surface area contributed by atoms with E-state index >= 15 is 0 Å². The standard InChI is InChI=1S/C19H24N4O4/c1-21-5-4-20-18(21)13-23(7-6-22-8-10-25-11-9-22)19(24)15-2-3-16-17(12-15)27-14-26-16/h2-5,12H,6-11,13-14H2,1H3. The zero-order chi connectivity index (χ0) is 18.6. The lowest BCUT2D eigenvalue weighted by molar-refractivity contribution is 0.0318. The van der Waals surface area contributed by atoms with Crippen LogP contribution in [-0.2, 0) is 18.3 Å². The van der Waals surface area contributed by atoms with Crippen LogP contribution in [0.5, 0.6) is 11.5 Å². The maximum Gasteiger partial charge on any atom is 0.254 e. The highest BCUT2D eigenvalue weighted by atomic mass is 16.7. The summed E-state index contributed by atoms with van der Waals surface area (Å²) < 4.78 is 18.1. The van der Waals surface area contributed by atoms with Gasteiger partial charge < -0.3 is 23.7 Å². The molecule has 144 valence electrons. The molecule has 0 aliphatic carbocycles. The first-order chi connectivity index (χ1) is 13.2. The van der Waals surface area contributed by atoms with Gasteiger partial charge in [-0.15, -0.1) is 0 Å². The molecule has 0 radical (unpaired) electrons. The van der Waals surface area contributed by atoms with Gasteiger partial charge in [0.05, 0.1) is 19.8 Å². The molecule has 0 unspecified atom stereocenters. The summed E-state index contributed by atoms with van der Waals surface area (Å²) in [6.07, 6.45) is 3.64. The Hall–Kier alpha value is -2.58. The van der Waals surface area contributed by atoms with Crippen LogP contribution in [0.25, 0.3) is 0 Å². The third kappa shape index (κ3) is 4.06. The van der Waals surface area contributed by atoms with Crippen molar-refractivity contribution in [2.75, 3.05) is 46.2 Å². The van der Waals surface area contributed by atoms with E-state index in [9.17, 15) is 4.79 Å². The largest absolute Gasteiger partial charge is 0.454 e. The van der Waals surface area contributed by atoms with E-state index in [1.165, 1.54) is 0 Å².